The molecule has 0 aliphatic rings. The van der Waals surface area contributed by atoms with Gasteiger partial charge in [-0.2, -0.15) is 0 Å². The van der Waals surface area contributed by atoms with E-state index in [9.17, 15) is 9.59 Å². The number of amides is 2. The van der Waals surface area contributed by atoms with Gasteiger partial charge in [-0.15, -0.1) is 12.4 Å². The summed E-state index contributed by atoms with van der Waals surface area (Å²) in [5.41, 5.74) is 6.87. The number of nitrogens with one attached hydrogen (secondary N) is 2. The molecule has 0 radical (unpaired) electrons. The van der Waals surface area contributed by atoms with Crippen LogP contribution >= 0.6 is 12.4 Å². The van der Waals surface area contributed by atoms with Crippen molar-refractivity contribution < 1.29 is 19.1 Å². The van der Waals surface area contributed by atoms with E-state index in [-0.39, 0.29) is 36.9 Å². The molecule has 0 heterocycles. The summed E-state index contributed by atoms with van der Waals surface area (Å²) in [6.07, 6.45) is 0.825. The van der Waals surface area contributed by atoms with Gasteiger partial charge in [0.25, 0.3) is 11.8 Å². The van der Waals surface area contributed by atoms with Crippen LogP contribution < -0.4 is 25.8 Å². The number of methoxy groups -OCH3 is 1. The zero-order chi connectivity index (χ0) is 21.2. The lowest BCUT2D eigenvalue weighted by atomic mass is 10.0. The highest BCUT2D eigenvalue weighted by molar-refractivity contribution is 5.94. The molecule has 0 bridgehead atoms. The standard InChI is InChI=1S/C22H29N3O4.ClH/c1-15(2)11-18(13-23)25-22(27)16-7-9-19(10-8-16)29-14-21(26)24-17-5-4-6-20(12-17)28-3;/h4-10,12,15,18H,11,13-14,23H2,1-3H3,(H,24,26)(H,25,27);1H. The van der Waals surface area contributed by atoms with Crippen LogP contribution in [0, 0.1) is 5.92 Å². The van der Waals surface area contributed by atoms with Crippen molar-refractivity contribution in [3.8, 4) is 11.5 Å². The minimum atomic E-state index is -0.292. The Hall–Kier alpha value is -2.77. The molecule has 164 valence electrons. The van der Waals surface area contributed by atoms with E-state index in [0.29, 0.717) is 35.2 Å². The van der Waals surface area contributed by atoms with Crippen molar-refractivity contribution in [2.45, 2.75) is 26.3 Å². The second-order valence-corrected chi connectivity index (χ2v) is 7.13. The van der Waals surface area contributed by atoms with Crippen LogP contribution in [0.25, 0.3) is 0 Å². The summed E-state index contributed by atoms with van der Waals surface area (Å²) in [6.45, 7) is 4.43. The van der Waals surface area contributed by atoms with Crippen LogP contribution in [0.4, 0.5) is 5.69 Å². The SMILES string of the molecule is COc1cccc(NC(=O)COc2ccc(C(=O)NC(CN)CC(C)C)cc2)c1.Cl. The smallest absolute Gasteiger partial charge is 0.262 e. The molecule has 0 fully saturated rings. The van der Waals surface area contributed by atoms with E-state index in [1.807, 2.05) is 0 Å². The summed E-state index contributed by atoms with van der Waals surface area (Å²) < 4.78 is 10.6. The number of nitrogens with two attached hydrogens (primary N) is 1. The maximum Gasteiger partial charge on any atom is 0.262 e. The molecule has 0 saturated carbocycles. The van der Waals surface area contributed by atoms with E-state index in [0.717, 1.165) is 6.42 Å². The Labute approximate surface area is 183 Å². The lowest BCUT2D eigenvalue weighted by molar-refractivity contribution is -0.118. The molecule has 2 aromatic rings. The maximum atomic E-state index is 12.3. The van der Waals surface area contributed by atoms with Crippen molar-refractivity contribution >= 4 is 29.9 Å². The molecular formula is C22H30ClN3O4. The third kappa shape index (κ3) is 8.31. The van der Waals surface area contributed by atoms with Crippen molar-refractivity contribution in [2.24, 2.45) is 11.7 Å². The van der Waals surface area contributed by atoms with E-state index >= 15 is 0 Å². The molecule has 0 spiro atoms. The normalized spacial score (nSPS) is 11.2. The Morgan fingerprint density at radius 1 is 1.07 bits per heavy atom. The van der Waals surface area contributed by atoms with Gasteiger partial charge in [0.05, 0.1) is 7.11 Å². The fraction of sp³-hybridized carbons (Fsp3) is 0.364. The van der Waals surface area contributed by atoms with E-state index in [4.69, 9.17) is 15.2 Å². The molecule has 7 nitrogen and oxygen atoms in total. The number of hydrogen-bond donors (Lipinski definition) is 3. The highest BCUT2D eigenvalue weighted by atomic mass is 35.5. The summed E-state index contributed by atoms with van der Waals surface area (Å²) >= 11 is 0. The summed E-state index contributed by atoms with van der Waals surface area (Å²) in [7, 11) is 1.56. The molecule has 2 rings (SSSR count). The first-order valence-corrected chi connectivity index (χ1v) is 9.59. The summed E-state index contributed by atoms with van der Waals surface area (Å²) in [5.74, 6) is 1.13. The van der Waals surface area contributed by atoms with Gasteiger partial charge in [-0.25, -0.2) is 0 Å². The molecule has 30 heavy (non-hydrogen) atoms. The van der Waals surface area contributed by atoms with Crippen molar-refractivity contribution in [2.75, 3.05) is 25.6 Å². The zero-order valence-corrected chi connectivity index (χ0v) is 18.3. The average molecular weight is 436 g/mol. The van der Waals surface area contributed by atoms with Crippen LogP contribution in [0.5, 0.6) is 11.5 Å². The second-order valence-electron chi connectivity index (χ2n) is 7.13. The number of rotatable bonds is 10. The van der Waals surface area contributed by atoms with Crippen LogP contribution in [0.15, 0.2) is 48.5 Å². The second kappa shape index (κ2) is 12.7. The van der Waals surface area contributed by atoms with Crippen molar-refractivity contribution in [1.29, 1.82) is 0 Å². The quantitative estimate of drug-likeness (QED) is 0.531. The number of halogens is 1. The Kier molecular flexibility index (Phi) is 10.7. The predicted molar refractivity (Wildman–Crippen MR) is 121 cm³/mol. The molecule has 0 aromatic heterocycles. The molecular weight excluding hydrogens is 406 g/mol. The van der Waals surface area contributed by atoms with Gasteiger partial charge in [-0.05, 0) is 48.7 Å². The van der Waals surface area contributed by atoms with E-state index < -0.39 is 0 Å². The van der Waals surface area contributed by atoms with Crippen LogP contribution in [0.1, 0.15) is 30.6 Å². The van der Waals surface area contributed by atoms with Crippen LogP contribution in [0.3, 0.4) is 0 Å². The molecule has 8 heteroatoms. The van der Waals surface area contributed by atoms with Gasteiger partial charge in [-0.1, -0.05) is 19.9 Å². The van der Waals surface area contributed by atoms with Crippen molar-refractivity contribution in [1.82, 2.24) is 5.32 Å². The number of anilines is 1. The highest BCUT2D eigenvalue weighted by Crippen LogP contribution is 2.17. The summed E-state index contributed by atoms with van der Waals surface area (Å²) in [6, 6.07) is 13.7. The first-order chi connectivity index (χ1) is 13.9. The lowest BCUT2D eigenvalue weighted by Gasteiger charge is -2.18. The van der Waals surface area contributed by atoms with E-state index in [1.165, 1.54) is 0 Å². The number of benzene rings is 2. The Balaban J connectivity index is 0.00000450. The topological polar surface area (TPSA) is 103 Å². The fourth-order valence-electron chi connectivity index (χ4n) is 2.80. The first-order valence-electron chi connectivity index (χ1n) is 9.59. The molecule has 2 amide bonds. The summed E-state index contributed by atoms with van der Waals surface area (Å²) in [4.78, 5) is 24.4. The number of carbonyl (C=O) groups is 2. The molecule has 2 aromatic carbocycles. The van der Waals surface area contributed by atoms with Crippen molar-refractivity contribution in [3.63, 3.8) is 0 Å². The fourth-order valence-corrected chi connectivity index (χ4v) is 2.80. The zero-order valence-electron chi connectivity index (χ0n) is 17.5. The van der Waals surface area contributed by atoms with Gasteiger partial charge in [0.1, 0.15) is 11.5 Å². The molecule has 1 atom stereocenters. The largest absolute Gasteiger partial charge is 0.497 e. The molecule has 1 unspecified atom stereocenters. The van der Waals surface area contributed by atoms with Gasteiger partial charge in [-0.3, -0.25) is 9.59 Å². The van der Waals surface area contributed by atoms with Crippen LogP contribution in [-0.4, -0.2) is 38.1 Å². The van der Waals surface area contributed by atoms with Crippen LogP contribution in [-0.2, 0) is 4.79 Å². The van der Waals surface area contributed by atoms with Gasteiger partial charge in [0.15, 0.2) is 6.61 Å². The molecule has 0 saturated heterocycles. The van der Waals surface area contributed by atoms with Gasteiger partial charge < -0.3 is 25.8 Å². The van der Waals surface area contributed by atoms with Crippen LogP contribution in [0.2, 0.25) is 0 Å². The van der Waals surface area contributed by atoms with E-state index in [2.05, 4.69) is 24.5 Å². The maximum absolute atomic E-state index is 12.3. The van der Waals surface area contributed by atoms with Crippen molar-refractivity contribution in [3.05, 3.63) is 54.1 Å². The third-order valence-electron chi connectivity index (χ3n) is 4.22. The first kappa shape index (κ1) is 25.3. The lowest BCUT2D eigenvalue weighted by Crippen LogP contribution is -2.41. The number of carbonyl (C=O) groups excluding carboxylic acids is 2. The number of hydrogen-bond acceptors (Lipinski definition) is 5. The Bertz CT molecular complexity index is 812. The minimum Gasteiger partial charge on any atom is -0.497 e. The Morgan fingerprint density at radius 3 is 2.37 bits per heavy atom. The summed E-state index contributed by atoms with van der Waals surface area (Å²) in [5, 5.41) is 5.68. The average Bonchev–Trinajstić information content (AvgIpc) is 2.71. The molecule has 0 aliphatic carbocycles. The Morgan fingerprint density at radius 2 is 1.77 bits per heavy atom. The monoisotopic (exact) mass is 435 g/mol. The molecule has 4 N–H and O–H groups in total. The minimum absolute atomic E-state index is 0. The number of ether oxygens (including phenoxy) is 2. The predicted octanol–water partition coefficient (Wildman–Crippen LogP) is 3.24. The highest BCUT2D eigenvalue weighted by Gasteiger charge is 2.14. The van der Waals surface area contributed by atoms with E-state index in [1.54, 1.807) is 55.6 Å². The van der Waals surface area contributed by atoms with Gasteiger partial charge >= 0.3 is 0 Å². The van der Waals surface area contributed by atoms with Gasteiger partial charge in [0, 0.05) is 29.9 Å². The third-order valence-corrected chi connectivity index (χ3v) is 4.22. The molecule has 0 aliphatic heterocycles. The van der Waals surface area contributed by atoms with Gasteiger partial charge in [0.2, 0.25) is 0 Å².